The van der Waals surface area contributed by atoms with Crippen molar-refractivity contribution in [2.24, 2.45) is 5.92 Å². The number of hydrogen-bond donors (Lipinski definition) is 1. The van der Waals surface area contributed by atoms with Crippen LogP contribution in [0.25, 0.3) is 5.65 Å². The van der Waals surface area contributed by atoms with Gasteiger partial charge in [-0.1, -0.05) is 30.9 Å². The van der Waals surface area contributed by atoms with Crippen LogP contribution in [-0.4, -0.2) is 15.9 Å². The lowest BCUT2D eigenvalue weighted by Crippen LogP contribution is -2.21. The summed E-state index contributed by atoms with van der Waals surface area (Å²) in [5, 5.41) is 4.21. The van der Waals surface area contributed by atoms with Gasteiger partial charge in [-0.3, -0.25) is 0 Å². The third-order valence-corrected chi connectivity index (χ3v) is 3.95. The molecule has 0 radical (unpaired) electrons. The van der Waals surface area contributed by atoms with Gasteiger partial charge in [-0.05, 0) is 31.0 Å². The van der Waals surface area contributed by atoms with Gasteiger partial charge in [0.2, 0.25) is 0 Å². The monoisotopic (exact) mass is 263 g/mol. The number of hydrogen-bond acceptors (Lipinski definition) is 2. The van der Waals surface area contributed by atoms with Crippen molar-refractivity contribution in [1.29, 1.82) is 0 Å². The Morgan fingerprint density at radius 2 is 2.22 bits per heavy atom. The quantitative estimate of drug-likeness (QED) is 0.839. The zero-order valence-electron chi connectivity index (χ0n) is 10.4. The minimum atomic E-state index is 0.740. The third-order valence-electron chi connectivity index (χ3n) is 3.73. The summed E-state index contributed by atoms with van der Waals surface area (Å²) in [4.78, 5) is 4.55. The molecule has 1 aliphatic rings. The molecule has 0 aliphatic heterocycles. The summed E-state index contributed by atoms with van der Waals surface area (Å²) >= 11 is 5.95. The molecular weight excluding hydrogens is 246 g/mol. The Labute approximate surface area is 112 Å². The molecule has 2 aromatic rings. The third kappa shape index (κ3) is 2.68. The minimum Gasteiger partial charge on any atom is -0.311 e. The van der Waals surface area contributed by atoms with E-state index in [2.05, 4.69) is 10.3 Å². The Morgan fingerprint density at radius 1 is 1.33 bits per heavy atom. The summed E-state index contributed by atoms with van der Waals surface area (Å²) < 4.78 is 1.98. The van der Waals surface area contributed by atoms with Gasteiger partial charge in [0, 0.05) is 18.9 Å². The normalized spacial score (nSPS) is 16.1. The Kier molecular flexibility index (Phi) is 3.52. The second kappa shape index (κ2) is 5.29. The lowest BCUT2D eigenvalue weighted by atomic mass is 9.83. The number of nitrogens with zero attached hydrogens (tertiary/aromatic N) is 2. The molecule has 0 amide bonds. The van der Waals surface area contributed by atoms with E-state index >= 15 is 0 Å². The highest BCUT2D eigenvalue weighted by Gasteiger charge is 2.16. The van der Waals surface area contributed by atoms with Gasteiger partial charge in [-0.25, -0.2) is 4.98 Å². The molecule has 0 atom stereocenters. The van der Waals surface area contributed by atoms with Crippen LogP contribution in [-0.2, 0) is 6.54 Å². The summed E-state index contributed by atoms with van der Waals surface area (Å²) in [6.07, 6.45) is 9.51. The number of halogens is 1. The fourth-order valence-electron chi connectivity index (χ4n) is 2.41. The molecule has 2 aromatic heterocycles. The highest BCUT2D eigenvalue weighted by molar-refractivity contribution is 6.30. The second-order valence-corrected chi connectivity index (χ2v) is 5.54. The Morgan fingerprint density at radius 3 is 3.00 bits per heavy atom. The number of pyridine rings is 1. The van der Waals surface area contributed by atoms with E-state index in [1.807, 2.05) is 28.9 Å². The van der Waals surface area contributed by atoms with E-state index in [4.69, 9.17) is 11.6 Å². The Hall–Kier alpha value is -1.06. The van der Waals surface area contributed by atoms with E-state index in [1.165, 1.54) is 25.7 Å². The Bertz CT molecular complexity index is 531. The average Bonchev–Trinajstić information content (AvgIpc) is 2.68. The van der Waals surface area contributed by atoms with E-state index in [-0.39, 0.29) is 0 Å². The number of fused-ring (bicyclic) bond motifs is 1. The first kappa shape index (κ1) is 12.0. The number of aromatic nitrogens is 2. The van der Waals surface area contributed by atoms with Gasteiger partial charge in [0.15, 0.2) is 0 Å². The SMILES string of the molecule is Clc1ccc2nc(CNCCC3CCC3)cn2c1. The van der Waals surface area contributed by atoms with Crippen molar-refractivity contribution < 1.29 is 0 Å². The molecule has 0 bridgehead atoms. The zero-order valence-corrected chi connectivity index (χ0v) is 11.2. The average molecular weight is 264 g/mol. The van der Waals surface area contributed by atoms with E-state index in [0.717, 1.165) is 35.4 Å². The van der Waals surface area contributed by atoms with Crippen molar-refractivity contribution in [3.63, 3.8) is 0 Å². The number of nitrogens with one attached hydrogen (secondary N) is 1. The first-order valence-electron chi connectivity index (χ1n) is 6.65. The van der Waals surface area contributed by atoms with Crippen molar-refractivity contribution in [1.82, 2.24) is 14.7 Å². The fraction of sp³-hybridized carbons (Fsp3) is 0.500. The maximum absolute atomic E-state index is 5.95. The molecule has 0 saturated heterocycles. The standard InChI is InChI=1S/C14H18ClN3/c15-12-4-5-14-17-13(10-18(14)9-12)8-16-7-6-11-2-1-3-11/h4-5,9-11,16H,1-3,6-8H2. The smallest absolute Gasteiger partial charge is 0.137 e. The molecule has 4 heteroatoms. The molecule has 1 saturated carbocycles. The molecule has 1 aliphatic carbocycles. The van der Waals surface area contributed by atoms with E-state index in [0.29, 0.717) is 0 Å². The van der Waals surface area contributed by atoms with Crippen molar-refractivity contribution >= 4 is 17.2 Å². The second-order valence-electron chi connectivity index (χ2n) is 5.11. The predicted octanol–water partition coefficient (Wildman–Crippen LogP) is 3.27. The van der Waals surface area contributed by atoms with Gasteiger partial charge in [0.1, 0.15) is 5.65 Å². The maximum atomic E-state index is 5.95. The van der Waals surface area contributed by atoms with Gasteiger partial charge >= 0.3 is 0 Å². The molecule has 1 fully saturated rings. The molecule has 0 unspecified atom stereocenters. The summed E-state index contributed by atoms with van der Waals surface area (Å²) in [6, 6.07) is 3.82. The first-order valence-corrected chi connectivity index (χ1v) is 7.03. The highest BCUT2D eigenvalue weighted by atomic mass is 35.5. The van der Waals surface area contributed by atoms with Crippen LogP contribution in [0.15, 0.2) is 24.5 Å². The molecule has 0 spiro atoms. The van der Waals surface area contributed by atoms with Crippen LogP contribution in [0.4, 0.5) is 0 Å². The van der Waals surface area contributed by atoms with Crippen molar-refractivity contribution in [2.45, 2.75) is 32.2 Å². The van der Waals surface area contributed by atoms with Gasteiger partial charge in [0.05, 0.1) is 10.7 Å². The van der Waals surface area contributed by atoms with Crippen LogP contribution in [0.1, 0.15) is 31.4 Å². The van der Waals surface area contributed by atoms with Crippen LogP contribution in [0, 0.1) is 5.92 Å². The van der Waals surface area contributed by atoms with Crippen LogP contribution in [0.2, 0.25) is 5.02 Å². The molecule has 96 valence electrons. The molecule has 3 rings (SSSR count). The van der Waals surface area contributed by atoms with E-state index < -0.39 is 0 Å². The number of imidazole rings is 1. The molecule has 18 heavy (non-hydrogen) atoms. The summed E-state index contributed by atoms with van der Waals surface area (Å²) in [6.45, 7) is 1.94. The highest BCUT2D eigenvalue weighted by Crippen LogP contribution is 2.28. The van der Waals surface area contributed by atoms with Gasteiger partial charge in [-0.2, -0.15) is 0 Å². The Balaban J connectivity index is 1.53. The summed E-state index contributed by atoms with van der Waals surface area (Å²) in [7, 11) is 0. The van der Waals surface area contributed by atoms with Crippen molar-refractivity contribution in [3.8, 4) is 0 Å². The van der Waals surface area contributed by atoms with Gasteiger partial charge < -0.3 is 9.72 Å². The van der Waals surface area contributed by atoms with E-state index in [1.54, 1.807) is 0 Å². The number of rotatable bonds is 5. The van der Waals surface area contributed by atoms with Crippen LogP contribution in [0.5, 0.6) is 0 Å². The zero-order chi connectivity index (χ0) is 12.4. The molecule has 0 aromatic carbocycles. The lowest BCUT2D eigenvalue weighted by Gasteiger charge is -2.25. The summed E-state index contributed by atoms with van der Waals surface area (Å²) in [5.74, 6) is 0.970. The van der Waals surface area contributed by atoms with Crippen LogP contribution < -0.4 is 5.32 Å². The summed E-state index contributed by atoms with van der Waals surface area (Å²) in [5.41, 5.74) is 2.03. The van der Waals surface area contributed by atoms with Crippen LogP contribution in [0.3, 0.4) is 0 Å². The molecule has 2 heterocycles. The molecule has 1 N–H and O–H groups in total. The lowest BCUT2D eigenvalue weighted by molar-refractivity contribution is 0.292. The fourth-order valence-corrected chi connectivity index (χ4v) is 2.57. The van der Waals surface area contributed by atoms with Gasteiger partial charge in [0.25, 0.3) is 0 Å². The van der Waals surface area contributed by atoms with Crippen LogP contribution >= 0.6 is 11.6 Å². The molecule has 3 nitrogen and oxygen atoms in total. The minimum absolute atomic E-state index is 0.740. The largest absolute Gasteiger partial charge is 0.311 e. The predicted molar refractivity (Wildman–Crippen MR) is 73.9 cm³/mol. The first-order chi connectivity index (χ1) is 8.81. The molecular formula is C14H18ClN3. The van der Waals surface area contributed by atoms with E-state index in [9.17, 15) is 0 Å². The topological polar surface area (TPSA) is 29.3 Å². The van der Waals surface area contributed by atoms with Crippen molar-refractivity contribution in [2.75, 3.05) is 6.54 Å². The van der Waals surface area contributed by atoms with Gasteiger partial charge in [-0.15, -0.1) is 0 Å². The maximum Gasteiger partial charge on any atom is 0.137 e. The van der Waals surface area contributed by atoms with Crippen molar-refractivity contribution in [3.05, 3.63) is 35.2 Å².